The van der Waals surface area contributed by atoms with Crippen LogP contribution in [-0.4, -0.2) is 81.6 Å². The number of rotatable bonds is 5. The van der Waals surface area contributed by atoms with E-state index in [2.05, 4.69) is 4.99 Å². The highest BCUT2D eigenvalue weighted by Gasteiger charge is 2.30. The van der Waals surface area contributed by atoms with Crippen LogP contribution in [0.1, 0.15) is 17.3 Å². The molecule has 14 heteroatoms. The van der Waals surface area contributed by atoms with Crippen LogP contribution in [0.25, 0.3) is 10.2 Å². The number of fused-ring (bicyclic) bond motifs is 1. The highest BCUT2D eigenvalue weighted by atomic mass is 32.2. The van der Waals surface area contributed by atoms with E-state index in [1.54, 1.807) is 30.7 Å². The summed E-state index contributed by atoms with van der Waals surface area (Å²) in [5.74, 6) is -0.558. The second-order valence-corrected chi connectivity index (χ2v) is 13.3. The van der Waals surface area contributed by atoms with Crippen molar-refractivity contribution in [2.24, 2.45) is 12.0 Å². The maximum absolute atomic E-state index is 13.0. The summed E-state index contributed by atoms with van der Waals surface area (Å²) in [4.78, 5) is 30.9. The van der Waals surface area contributed by atoms with Gasteiger partial charge in [-0.3, -0.25) is 4.79 Å². The number of sulfone groups is 1. The van der Waals surface area contributed by atoms with E-state index in [4.69, 9.17) is 4.74 Å². The number of hydrogen-bond acceptors (Lipinski definition) is 8. The fourth-order valence-electron chi connectivity index (χ4n) is 3.85. The first-order chi connectivity index (χ1) is 17.4. The van der Waals surface area contributed by atoms with Gasteiger partial charge in [0.1, 0.15) is 0 Å². The van der Waals surface area contributed by atoms with E-state index in [-0.39, 0.29) is 48.1 Å². The zero-order valence-corrected chi connectivity index (χ0v) is 22.9. The second kappa shape index (κ2) is 10.4. The van der Waals surface area contributed by atoms with Crippen molar-refractivity contribution in [2.75, 3.05) is 39.0 Å². The second-order valence-electron chi connectivity index (χ2n) is 8.38. The molecule has 0 unspecified atom stereocenters. The van der Waals surface area contributed by atoms with Gasteiger partial charge in [0, 0.05) is 45.0 Å². The summed E-state index contributed by atoms with van der Waals surface area (Å²) in [6.45, 7) is 2.69. The molecule has 1 saturated heterocycles. The van der Waals surface area contributed by atoms with Crippen molar-refractivity contribution in [3.8, 4) is 0 Å². The smallest absolute Gasteiger partial charge is 0.409 e. The van der Waals surface area contributed by atoms with Crippen LogP contribution in [0.2, 0.25) is 0 Å². The molecule has 0 radical (unpaired) electrons. The Morgan fingerprint density at radius 1 is 0.973 bits per heavy atom. The highest BCUT2D eigenvalue weighted by molar-refractivity contribution is 7.90. The standard InChI is InChI=1S/C23H26N4O7S3/c1-4-34-23(29)26-11-13-27(14-12-26)37(32,33)17-7-5-16(6-8-17)21(28)24-22-25(2)19-10-9-18(36(3,30)31)15-20(19)35-22/h5-10,15H,4,11-14H2,1-3H3. The van der Waals surface area contributed by atoms with Crippen molar-refractivity contribution in [1.82, 2.24) is 13.8 Å². The monoisotopic (exact) mass is 566 g/mol. The maximum atomic E-state index is 13.0. The molecule has 198 valence electrons. The van der Waals surface area contributed by atoms with Crippen LogP contribution in [0.4, 0.5) is 4.79 Å². The Bertz CT molecular complexity index is 1630. The molecule has 0 saturated carbocycles. The third-order valence-electron chi connectivity index (χ3n) is 5.91. The van der Waals surface area contributed by atoms with Crippen LogP contribution >= 0.6 is 11.3 Å². The summed E-state index contributed by atoms with van der Waals surface area (Å²) in [5.41, 5.74) is 0.939. The van der Waals surface area contributed by atoms with E-state index in [0.717, 1.165) is 11.8 Å². The molecule has 1 fully saturated rings. The number of carbonyl (C=O) groups excluding carboxylic acids is 2. The van der Waals surface area contributed by atoms with Crippen LogP contribution in [0.3, 0.4) is 0 Å². The molecule has 2 aromatic carbocycles. The number of thiazole rings is 1. The van der Waals surface area contributed by atoms with Crippen LogP contribution in [0, 0.1) is 0 Å². The zero-order valence-electron chi connectivity index (χ0n) is 20.4. The molecule has 37 heavy (non-hydrogen) atoms. The van der Waals surface area contributed by atoms with Gasteiger partial charge in [-0.15, -0.1) is 0 Å². The zero-order chi connectivity index (χ0) is 27.0. The molecule has 0 aliphatic carbocycles. The van der Waals surface area contributed by atoms with Gasteiger partial charge in [0.25, 0.3) is 5.91 Å². The van der Waals surface area contributed by atoms with E-state index < -0.39 is 31.9 Å². The van der Waals surface area contributed by atoms with Gasteiger partial charge in [-0.2, -0.15) is 9.30 Å². The number of ether oxygens (including phenoxy) is 1. The Morgan fingerprint density at radius 2 is 1.59 bits per heavy atom. The van der Waals surface area contributed by atoms with Gasteiger partial charge < -0.3 is 14.2 Å². The SMILES string of the molecule is CCOC(=O)N1CCN(S(=O)(=O)c2ccc(C(=O)N=c3sc4cc(S(C)(=O)=O)ccc4n3C)cc2)CC1. The Labute approximate surface area is 218 Å². The number of piperazine rings is 1. The number of carbonyl (C=O) groups is 2. The lowest BCUT2D eigenvalue weighted by Gasteiger charge is -2.33. The molecule has 0 N–H and O–H groups in total. The number of hydrogen-bond donors (Lipinski definition) is 0. The first-order valence-electron chi connectivity index (χ1n) is 11.3. The minimum atomic E-state index is -3.80. The molecule has 0 spiro atoms. The van der Waals surface area contributed by atoms with E-state index in [1.807, 2.05) is 0 Å². The number of aryl methyl sites for hydroxylation is 1. The van der Waals surface area contributed by atoms with Gasteiger partial charge in [0.05, 0.1) is 26.6 Å². The van der Waals surface area contributed by atoms with Gasteiger partial charge in [0.15, 0.2) is 14.6 Å². The fraction of sp³-hybridized carbons (Fsp3) is 0.348. The number of sulfonamides is 1. The van der Waals surface area contributed by atoms with Crippen LogP contribution in [0.5, 0.6) is 0 Å². The molecule has 1 aromatic heterocycles. The van der Waals surface area contributed by atoms with E-state index in [0.29, 0.717) is 9.50 Å². The molecule has 3 aromatic rings. The number of amides is 2. The summed E-state index contributed by atoms with van der Waals surface area (Å²) in [5, 5.41) is 0. The molecule has 2 amide bonds. The molecular formula is C23H26N4O7S3. The Kier molecular flexibility index (Phi) is 7.55. The molecular weight excluding hydrogens is 540 g/mol. The van der Waals surface area contributed by atoms with Crippen molar-refractivity contribution in [2.45, 2.75) is 16.7 Å². The van der Waals surface area contributed by atoms with Gasteiger partial charge >= 0.3 is 6.09 Å². The lowest BCUT2D eigenvalue weighted by molar-refractivity contribution is 0.0933. The van der Waals surface area contributed by atoms with Crippen LogP contribution in [0.15, 0.2) is 57.2 Å². The Balaban J connectivity index is 1.52. The Hall–Kier alpha value is -3.07. The minimum absolute atomic E-state index is 0.0364. The normalized spacial score (nSPS) is 15.8. The third-order valence-corrected chi connectivity index (χ3v) is 10.0. The van der Waals surface area contributed by atoms with Gasteiger partial charge in [-0.1, -0.05) is 11.3 Å². The molecule has 4 rings (SSSR count). The van der Waals surface area contributed by atoms with Crippen molar-refractivity contribution >= 4 is 53.4 Å². The molecule has 0 bridgehead atoms. The van der Waals surface area contributed by atoms with Crippen molar-refractivity contribution < 1.29 is 31.2 Å². The minimum Gasteiger partial charge on any atom is -0.450 e. The topological polar surface area (TPSA) is 135 Å². The molecule has 1 aliphatic heterocycles. The highest BCUT2D eigenvalue weighted by Crippen LogP contribution is 2.22. The summed E-state index contributed by atoms with van der Waals surface area (Å²) in [7, 11) is -5.45. The van der Waals surface area contributed by atoms with E-state index >= 15 is 0 Å². The van der Waals surface area contributed by atoms with E-state index in [9.17, 15) is 26.4 Å². The largest absolute Gasteiger partial charge is 0.450 e. The average Bonchev–Trinajstić information content (AvgIpc) is 3.18. The predicted octanol–water partition coefficient (Wildman–Crippen LogP) is 1.85. The summed E-state index contributed by atoms with van der Waals surface area (Å²) < 4.78 is 58.4. The van der Waals surface area contributed by atoms with Gasteiger partial charge in [0.2, 0.25) is 10.0 Å². The van der Waals surface area contributed by atoms with E-state index in [1.165, 1.54) is 50.9 Å². The van der Waals surface area contributed by atoms with Gasteiger partial charge in [-0.25, -0.2) is 21.6 Å². The fourth-order valence-corrected chi connectivity index (χ4v) is 7.05. The van der Waals surface area contributed by atoms with Crippen molar-refractivity contribution in [1.29, 1.82) is 0 Å². The number of benzene rings is 2. The maximum Gasteiger partial charge on any atom is 0.409 e. The average molecular weight is 567 g/mol. The lowest BCUT2D eigenvalue weighted by Crippen LogP contribution is -2.50. The predicted molar refractivity (Wildman–Crippen MR) is 138 cm³/mol. The lowest BCUT2D eigenvalue weighted by atomic mass is 10.2. The number of aromatic nitrogens is 1. The molecule has 11 nitrogen and oxygen atoms in total. The third kappa shape index (κ3) is 5.61. The number of nitrogens with zero attached hydrogens (tertiary/aromatic N) is 4. The van der Waals surface area contributed by atoms with Crippen LogP contribution in [-0.2, 0) is 31.6 Å². The summed E-state index contributed by atoms with van der Waals surface area (Å²) >= 11 is 1.18. The first-order valence-corrected chi connectivity index (χ1v) is 15.5. The quantitative estimate of drug-likeness (QED) is 0.460. The first kappa shape index (κ1) is 27.0. The molecule has 1 aliphatic rings. The summed E-state index contributed by atoms with van der Waals surface area (Å²) in [6, 6.07) is 10.2. The molecule has 2 heterocycles. The molecule has 0 atom stereocenters. The van der Waals surface area contributed by atoms with Crippen molar-refractivity contribution in [3.05, 3.63) is 52.8 Å². The summed E-state index contributed by atoms with van der Waals surface area (Å²) in [6.07, 6.45) is 0.665. The Morgan fingerprint density at radius 3 is 2.19 bits per heavy atom. The van der Waals surface area contributed by atoms with Crippen LogP contribution < -0.4 is 4.80 Å². The van der Waals surface area contributed by atoms with Gasteiger partial charge in [-0.05, 0) is 49.4 Å². The van der Waals surface area contributed by atoms with Crippen molar-refractivity contribution in [3.63, 3.8) is 0 Å².